The molecule has 5 nitrogen and oxygen atoms in total. The first-order valence-electron chi connectivity index (χ1n) is 6.58. The highest BCUT2D eigenvalue weighted by molar-refractivity contribution is 8.00. The van der Waals surface area contributed by atoms with Crippen LogP contribution in [-0.2, 0) is 9.59 Å². The molecule has 2 amide bonds. The molecule has 1 aromatic carbocycles. The minimum atomic E-state index is 0.0772. The Balaban J connectivity index is 1.78. The zero-order valence-electron chi connectivity index (χ0n) is 11.5. The molecule has 6 heteroatoms. The van der Waals surface area contributed by atoms with Gasteiger partial charge in [0.05, 0.1) is 5.75 Å². The van der Waals surface area contributed by atoms with Gasteiger partial charge in [-0.15, -0.1) is 11.8 Å². The third-order valence-corrected chi connectivity index (χ3v) is 4.32. The summed E-state index contributed by atoms with van der Waals surface area (Å²) in [5, 5.41) is 0. The molecule has 1 fully saturated rings. The van der Waals surface area contributed by atoms with Crippen LogP contribution < -0.4 is 5.73 Å². The number of hydrogen-bond donors (Lipinski definition) is 1. The number of thioether (sulfide) groups is 1. The number of carbonyl (C=O) groups is 2. The van der Waals surface area contributed by atoms with E-state index < -0.39 is 0 Å². The topological polar surface area (TPSA) is 66.6 Å². The summed E-state index contributed by atoms with van der Waals surface area (Å²) in [7, 11) is 0. The van der Waals surface area contributed by atoms with Gasteiger partial charge in [0.2, 0.25) is 11.8 Å². The Kier molecular flexibility index (Phi) is 4.89. The molecule has 0 spiro atoms. The van der Waals surface area contributed by atoms with Crippen LogP contribution in [0.4, 0.5) is 5.69 Å². The second-order valence-corrected chi connectivity index (χ2v) is 5.79. The zero-order valence-corrected chi connectivity index (χ0v) is 12.4. The summed E-state index contributed by atoms with van der Waals surface area (Å²) in [6, 6.07) is 7.50. The van der Waals surface area contributed by atoms with Gasteiger partial charge >= 0.3 is 0 Å². The van der Waals surface area contributed by atoms with E-state index in [1.165, 1.54) is 11.8 Å². The molecule has 2 rings (SSSR count). The van der Waals surface area contributed by atoms with Crippen LogP contribution in [0.25, 0.3) is 0 Å². The van der Waals surface area contributed by atoms with Crippen molar-refractivity contribution >= 4 is 29.3 Å². The molecule has 0 aromatic heterocycles. The third kappa shape index (κ3) is 3.90. The Bertz CT molecular complexity index is 482. The molecule has 0 unspecified atom stereocenters. The molecule has 0 bridgehead atoms. The lowest BCUT2D eigenvalue weighted by atomic mass is 10.3. The van der Waals surface area contributed by atoms with E-state index in [-0.39, 0.29) is 11.8 Å². The molecule has 1 saturated heterocycles. The van der Waals surface area contributed by atoms with Crippen LogP contribution in [0.15, 0.2) is 29.2 Å². The normalized spacial score (nSPS) is 15.2. The van der Waals surface area contributed by atoms with E-state index in [0.29, 0.717) is 31.9 Å². The first kappa shape index (κ1) is 14.7. The van der Waals surface area contributed by atoms with Crippen LogP contribution in [-0.4, -0.2) is 53.5 Å². The lowest BCUT2D eigenvalue weighted by molar-refractivity contribution is -0.136. The first-order valence-corrected chi connectivity index (χ1v) is 7.56. The van der Waals surface area contributed by atoms with E-state index in [1.54, 1.807) is 11.8 Å². The molecule has 0 radical (unpaired) electrons. The van der Waals surface area contributed by atoms with Crippen LogP contribution in [0, 0.1) is 0 Å². The van der Waals surface area contributed by atoms with E-state index in [0.717, 1.165) is 10.6 Å². The van der Waals surface area contributed by atoms with Crippen molar-refractivity contribution in [3.63, 3.8) is 0 Å². The fourth-order valence-electron chi connectivity index (χ4n) is 2.07. The van der Waals surface area contributed by atoms with Gasteiger partial charge in [0.1, 0.15) is 0 Å². The molecular formula is C14H19N3O2S. The van der Waals surface area contributed by atoms with Crippen molar-refractivity contribution in [1.29, 1.82) is 0 Å². The Morgan fingerprint density at radius 2 is 1.65 bits per heavy atom. The maximum Gasteiger partial charge on any atom is 0.233 e. The summed E-state index contributed by atoms with van der Waals surface area (Å²) in [5.41, 5.74) is 6.34. The molecule has 108 valence electrons. The number of benzene rings is 1. The molecule has 1 heterocycles. The Morgan fingerprint density at radius 1 is 1.10 bits per heavy atom. The molecule has 0 atom stereocenters. The lowest BCUT2D eigenvalue weighted by Gasteiger charge is -2.34. The minimum Gasteiger partial charge on any atom is -0.399 e. The van der Waals surface area contributed by atoms with Gasteiger partial charge in [-0.05, 0) is 24.3 Å². The van der Waals surface area contributed by atoms with E-state index >= 15 is 0 Å². The van der Waals surface area contributed by atoms with Gasteiger partial charge in [0, 0.05) is 43.7 Å². The number of piperazine rings is 1. The zero-order chi connectivity index (χ0) is 14.5. The van der Waals surface area contributed by atoms with E-state index in [4.69, 9.17) is 5.73 Å². The Hall–Kier alpha value is -1.69. The highest BCUT2D eigenvalue weighted by Crippen LogP contribution is 2.19. The predicted octanol–water partition coefficient (Wildman–Crippen LogP) is 1.05. The SMILES string of the molecule is CC(=O)N1CCN(C(=O)CSc2ccc(N)cc2)CC1. The van der Waals surface area contributed by atoms with Gasteiger partial charge in [0.25, 0.3) is 0 Å². The van der Waals surface area contributed by atoms with Crippen LogP contribution in [0.3, 0.4) is 0 Å². The van der Waals surface area contributed by atoms with Crippen molar-refractivity contribution < 1.29 is 9.59 Å². The fraction of sp³-hybridized carbons (Fsp3) is 0.429. The van der Waals surface area contributed by atoms with Gasteiger partial charge in [-0.2, -0.15) is 0 Å². The highest BCUT2D eigenvalue weighted by Gasteiger charge is 2.22. The number of hydrogen-bond acceptors (Lipinski definition) is 4. The second kappa shape index (κ2) is 6.65. The standard InChI is InChI=1S/C14H19N3O2S/c1-11(18)16-6-8-17(9-7-16)14(19)10-20-13-4-2-12(15)3-5-13/h2-5H,6-10,15H2,1H3. The largest absolute Gasteiger partial charge is 0.399 e. The monoisotopic (exact) mass is 293 g/mol. The molecule has 1 aliphatic heterocycles. The number of anilines is 1. The van der Waals surface area contributed by atoms with Gasteiger partial charge in [-0.3, -0.25) is 9.59 Å². The van der Waals surface area contributed by atoms with Gasteiger partial charge in [0.15, 0.2) is 0 Å². The van der Waals surface area contributed by atoms with E-state index in [2.05, 4.69) is 0 Å². The number of nitrogens with two attached hydrogens (primary N) is 1. The molecule has 1 aliphatic rings. The average Bonchev–Trinajstić information content (AvgIpc) is 2.46. The van der Waals surface area contributed by atoms with Crippen molar-refractivity contribution in [3.05, 3.63) is 24.3 Å². The minimum absolute atomic E-state index is 0.0772. The second-order valence-electron chi connectivity index (χ2n) is 4.74. The fourth-order valence-corrected chi connectivity index (χ4v) is 2.87. The van der Waals surface area contributed by atoms with Crippen molar-refractivity contribution in [2.24, 2.45) is 0 Å². The van der Waals surface area contributed by atoms with Gasteiger partial charge in [-0.25, -0.2) is 0 Å². The van der Waals surface area contributed by atoms with Crippen molar-refractivity contribution in [3.8, 4) is 0 Å². The van der Waals surface area contributed by atoms with Crippen LogP contribution >= 0.6 is 11.8 Å². The number of amides is 2. The summed E-state index contributed by atoms with van der Waals surface area (Å²) in [5.74, 6) is 0.618. The predicted molar refractivity (Wildman–Crippen MR) is 80.4 cm³/mol. The summed E-state index contributed by atoms with van der Waals surface area (Å²) in [4.78, 5) is 27.9. The van der Waals surface area contributed by atoms with Crippen LogP contribution in [0.1, 0.15) is 6.92 Å². The first-order chi connectivity index (χ1) is 9.56. The number of nitrogen functional groups attached to an aromatic ring is 1. The number of carbonyl (C=O) groups excluding carboxylic acids is 2. The Labute approximate surface area is 123 Å². The molecular weight excluding hydrogens is 274 g/mol. The summed E-state index contributed by atoms with van der Waals surface area (Å²) in [6.45, 7) is 4.08. The summed E-state index contributed by atoms with van der Waals surface area (Å²) >= 11 is 1.51. The van der Waals surface area contributed by atoms with Crippen LogP contribution in [0.5, 0.6) is 0 Å². The van der Waals surface area contributed by atoms with Gasteiger partial charge in [-0.1, -0.05) is 0 Å². The average molecular weight is 293 g/mol. The summed E-state index contributed by atoms with van der Waals surface area (Å²) in [6.07, 6.45) is 0. The molecule has 1 aromatic rings. The Morgan fingerprint density at radius 3 is 2.20 bits per heavy atom. The van der Waals surface area contributed by atoms with Crippen molar-refractivity contribution in [1.82, 2.24) is 9.80 Å². The summed E-state index contributed by atoms with van der Waals surface area (Å²) < 4.78 is 0. The molecule has 0 aliphatic carbocycles. The van der Waals surface area contributed by atoms with Crippen molar-refractivity contribution in [2.75, 3.05) is 37.7 Å². The van der Waals surface area contributed by atoms with Crippen LogP contribution in [0.2, 0.25) is 0 Å². The maximum absolute atomic E-state index is 12.1. The molecule has 20 heavy (non-hydrogen) atoms. The highest BCUT2D eigenvalue weighted by atomic mass is 32.2. The maximum atomic E-state index is 12.1. The van der Waals surface area contributed by atoms with E-state index in [9.17, 15) is 9.59 Å². The van der Waals surface area contributed by atoms with E-state index in [1.807, 2.05) is 29.2 Å². The molecule has 2 N–H and O–H groups in total. The lowest BCUT2D eigenvalue weighted by Crippen LogP contribution is -2.50. The van der Waals surface area contributed by atoms with Gasteiger partial charge < -0.3 is 15.5 Å². The smallest absolute Gasteiger partial charge is 0.233 e. The molecule has 0 saturated carbocycles. The quantitative estimate of drug-likeness (QED) is 0.668. The number of nitrogens with zero attached hydrogens (tertiary/aromatic N) is 2. The van der Waals surface area contributed by atoms with Crippen molar-refractivity contribution in [2.45, 2.75) is 11.8 Å². The number of rotatable bonds is 3. The third-order valence-electron chi connectivity index (χ3n) is 3.32.